The van der Waals surface area contributed by atoms with Gasteiger partial charge in [0, 0.05) is 30.6 Å². The van der Waals surface area contributed by atoms with E-state index in [9.17, 15) is 4.79 Å². The molecule has 4 rings (SSSR count). The summed E-state index contributed by atoms with van der Waals surface area (Å²) in [6.07, 6.45) is 6.06. The second-order valence-electron chi connectivity index (χ2n) is 7.20. The second kappa shape index (κ2) is 8.18. The molecular weight excluding hydrogens is 344 g/mol. The molecule has 2 aliphatic heterocycles. The van der Waals surface area contributed by atoms with Gasteiger partial charge in [0.05, 0.1) is 5.69 Å². The van der Waals surface area contributed by atoms with Crippen LogP contribution in [-0.2, 0) is 6.54 Å². The van der Waals surface area contributed by atoms with Crippen molar-refractivity contribution in [2.45, 2.75) is 38.6 Å². The fraction of sp³-hybridized carbons (Fsp3) is 0.500. The standard InChI is InChI=1S/C20H26N4OS/c25-20(24-12-2-1-3-13-24)22-19-21-18(15-26-19)17-8-6-16(7-9-17)14-23-10-4-5-11-23/h6-9,15H,1-5,10-14H2,(H,21,22,25). The number of nitrogens with zero attached hydrogens (tertiary/aromatic N) is 3. The van der Waals surface area contributed by atoms with Crippen LogP contribution in [0.1, 0.15) is 37.7 Å². The molecule has 3 heterocycles. The smallest absolute Gasteiger partial charge is 0.323 e. The molecule has 26 heavy (non-hydrogen) atoms. The summed E-state index contributed by atoms with van der Waals surface area (Å²) in [5.41, 5.74) is 3.38. The highest BCUT2D eigenvalue weighted by Crippen LogP contribution is 2.26. The molecule has 2 fully saturated rings. The van der Waals surface area contributed by atoms with Gasteiger partial charge in [-0.15, -0.1) is 11.3 Å². The molecule has 1 aromatic heterocycles. The number of benzene rings is 1. The Kier molecular flexibility index (Phi) is 5.51. The third-order valence-corrected chi connectivity index (χ3v) is 5.97. The lowest BCUT2D eigenvalue weighted by Crippen LogP contribution is -2.38. The number of nitrogens with one attached hydrogen (secondary N) is 1. The first-order chi connectivity index (χ1) is 12.8. The zero-order valence-electron chi connectivity index (χ0n) is 15.1. The molecule has 2 saturated heterocycles. The molecule has 2 aliphatic rings. The van der Waals surface area contributed by atoms with Gasteiger partial charge in [-0.05, 0) is 50.8 Å². The number of thiazole rings is 1. The summed E-state index contributed by atoms with van der Waals surface area (Å²) in [5.74, 6) is 0. The third-order valence-electron chi connectivity index (χ3n) is 5.22. The minimum absolute atomic E-state index is 0.0217. The van der Waals surface area contributed by atoms with Crippen LogP contribution in [0.15, 0.2) is 29.6 Å². The summed E-state index contributed by atoms with van der Waals surface area (Å²) in [5, 5.41) is 5.64. The van der Waals surface area contributed by atoms with Crippen LogP contribution in [0.4, 0.5) is 9.93 Å². The first kappa shape index (κ1) is 17.5. The van der Waals surface area contributed by atoms with E-state index >= 15 is 0 Å². The van der Waals surface area contributed by atoms with Crippen molar-refractivity contribution in [3.05, 3.63) is 35.2 Å². The predicted molar refractivity (Wildman–Crippen MR) is 107 cm³/mol. The van der Waals surface area contributed by atoms with Gasteiger partial charge < -0.3 is 4.90 Å². The number of piperidine rings is 1. The summed E-state index contributed by atoms with van der Waals surface area (Å²) in [6.45, 7) is 5.17. The van der Waals surface area contributed by atoms with Crippen molar-refractivity contribution < 1.29 is 4.79 Å². The molecule has 2 aromatic rings. The van der Waals surface area contributed by atoms with Crippen molar-refractivity contribution in [2.75, 3.05) is 31.5 Å². The largest absolute Gasteiger partial charge is 0.324 e. The van der Waals surface area contributed by atoms with E-state index < -0.39 is 0 Å². The number of hydrogen-bond donors (Lipinski definition) is 1. The minimum Gasteiger partial charge on any atom is -0.324 e. The van der Waals surface area contributed by atoms with Gasteiger partial charge >= 0.3 is 6.03 Å². The molecule has 1 aromatic carbocycles. The van der Waals surface area contributed by atoms with Crippen molar-refractivity contribution in [1.29, 1.82) is 0 Å². The Labute approximate surface area is 159 Å². The van der Waals surface area contributed by atoms with Crippen LogP contribution in [0.5, 0.6) is 0 Å². The number of amides is 2. The number of hydrogen-bond acceptors (Lipinski definition) is 4. The monoisotopic (exact) mass is 370 g/mol. The summed E-state index contributed by atoms with van der Waals surface area (Å²) in [7, 11) is 0. The maximum Gasteiger partial charge on any atom is 0.323 e. The zero-order valence-corrected chi connectivity index (χ0v) is 15.9. The van der Waals surface area contributed by atoms with E-state index in [0.717, 1.165) is 43.7 Å². The quantitative estimate of drug-likeness (QED) is 0.866. The Balaban J connectivity index is 1.36. The zero-order chi connectivity index (χ0) is 17.8. The average Bonchev–Trinajstić information content (AvgIpc) is 3.35. The molecule has 6 heteroatoms. The average molecular weight is 371 g/mol. The highest BCUT2D eigenvalue weighted by molar-refractivity contribution is 7.14. The van der Waals surface area contributed by atoms with E-state index in [1.807, 2.05) is 10.3 Å². The lowest BCUT2D eigenvalue weighted by molar-refractivity contribution is 0.200. The highest BCUT2D eigenvalue weighted by atomic mass is 32.1. The fourth-order valence-electron chi connectivity index (χ4n) is 3.71. The lowest BCUT2D eigenvalue weighted by atomic mass is 10.1. The number of rotatable bonds is 4. The summed E-state index contributed by atoms with van der Waals surface area (Å²) in [4.78, 5) is 21.3. The van der Waals surface area contributed by atoms with Crippen LogP contribution >= 0.6 is 11.3 Å². The van der Waals surface area contributed by atoms with Gasteiger partial charge in [-0.1, -0.05) is 24.3 Å². The molecule has 1 N–H and O–H groups in total. The topological polar surface area (TPSA) is 48.5 Å². The van der Waals surface area contributed by atoms with Gasteiger partial charge in [-0.2, -0.15) is 0 Å². The van der Waals surface area contributed by atoms with Crippen LogP contribution < -0.4 is 5.32 Å². The van der Waals surface area contributed by atoms with E-state index in [4.69, 9.17) is 0 Å². The lowest BCUT2D eigenvalue weighted by Gasteiger charge is -2.26. The first-order valence-corrected chi connectivity index (χ1v) is 10.5. The maximum absolute atomic E-state index is 12.3. The van der Waals surface area contributed by atoms with Crippen LogP contribution in [0.3, 0.4) is 0 Å². The van der Waals surface area contributed by atoms with Crippen LogP contribution in [0.25, 0.3) is 11.3 Å². The van der Waals surface area contributed by atoms with Crippen molar-refractivity contribution in [1.82, 2.24) is 14.8 Å². The maximum atomic E-state index is 12.3. The van der Waals surface area contributed by atoms with Crippen molar-refractivity contribution in [3.8, 4) is 11.3 Å². The molecule has 0 radical (unpaired) electrons. The molecule has 0 saturated carbocycles. The summed E-state index contributed by atoms with van der Waals surface area (Å²) < 4.78 is 0. The minimum atomic E-state index is -0.0217. The fourth-order valence-corrected chi connectivity index (χ4v) is 4.42. The van der Waals surface area contributed by atoms with Gasteiger partial charge in [0.25, 0.3) is 0 Å². The van der Waals surface area contributed by atoms with Crippen LogP contribution in [0.2, 0.25) is 0 Å². The molecular formula is C20H26N4OS. The van der Waals surface area contributed by atoms with E-state index in [0.29, 0.717) is 5.13 Å². The summed E-state index contributed by atoms with van der Waals surface area (Å²) >= 11 is 1.49. The van der Waals surface area contributed by atoms with Crippen LogP contribution in [-0.4, -0.2) is 47.0 Å². The van der Waals surface area contributed by atoms with Crippen molar-refractivity contribution in [3.63, 3.8) is 0 Å². The number of carbonyl (C=O) groups is 1. The summed E-state index contributed by atoms with van der Waals surface area (Å²) in [6, 6.07) is 8.64. The second-order valence-corrected chi connectivity index (χ2v) is 8.05. The Morgan fingerprint density at radius 3 is 2.42 bits per heavy atom. The van der Waals surface area contributed by atoms with E-state index in [1.165, 1.54) is 49.3 Å². The number of carbonyl (C=O) groups excluding carboxylic acids is 1. The van der Waals surface area contributed by atoms with Crippen molar-refractivity contribution >= 4 is 22.5 Å². The van der Waals surface area contributed by atoms with Gasteiger partial charge in [0.2, 0.25) is 0 Å². The molecule has 2 amide bonds. The normalized spacial score (nSPS) is 18.2. The molecule has 0 bridgehead atoms. The number of aromatic nitrogens is 1. The number of anilines is 1. The number of likely N-dealkylation sites (tertiary alicyclic amines) is 2. The molecule has 5 nitrogen and oxygen atoms in total. The Hall–Kier alpha value is -1.92. The molecule has 0 atom stereocenters. The Bertz CT molecular complexity index is 731. The Morgan fingerprint density at radius 2 is 1.69 bits per heavy atom. The van der Waals surface area contributed by atoms with E-state index in [1.54, 1.807) is 0 Å². The highest BCUT2D eigenvalue weighted by Gasteiger charge is 2.18. The SMILES string of the molecule is O=C(Nc1nc(-c2ccc(CN3CCCC3)cc2)cs1)N1CCCCC1. The molecule has 0 unspecified atom stereocenters. The van der Waals surface area contributed by atoms with Gasteiger partial charge in [0.15, 0.2) is 5.13 Å². The molecule has 0 aliphatic carbocycles. The van der Waals surface area contributed by atoms with Gasteiger partial charge in [-0.25, -0.2) is 9.78 Å². The van der Waals surface area contributed by atoms with Gasteiger partial charge in [0.1, 0.15) is 0 Å². The van der Waals surface area contributed by atoms with E-state index in [2.05, 4.69) is 39.5 Å². The molecule has 138 valence electrons. The van der Waals surface area contributed by atoms with E-state index in [-0.39, 0.29) is 6.03 Å². The predicted octanol–water partition coefficient (Wildman–Crippen LogP) is 4.42. The first-order valence-electron chi connectivity index (χ1n) is 9.61. The number of urea groups is 1. The molecule has 0 spiro atoms. The Morgan fingerprint density at radius 1 is 1.00 bits per heavy atom. The third kappa shape index (κ3) is 4.24. The van der Waals surface area contributed by atoms with Crippen LogP contribution in [0, 0.1) is 0 Å². The van der Waals surface area contributed by atoms with Crippen molar-refractivity contribution in [2.24, 2.45) is 0 Å². The van der Waals surface area contributed by atoms with Gasteiger partial charge in [-0.3, -0.25) is 10.2 Å².